The van der Waals surface area contributed by atoms with Crippen LogP contribution in [-0.2, 0) is 10.0 Å². The Hall–Kier alpha value is -2.25. The van der Waals surface area contributed by atoms with E-state index in [1.54, 1.807) is 28.9 Å². The van der Waals surface area contributed by atoms with Crippen molar-refractivity contribution in [2.24, 2.45) is 5.92 Å². The summed E-state index contributed by atoms with van der Waals surface area (Å²) in [7, 11) is -3.65. The third-order valence-corrected chi connectivity index (χ3v) is 5.32. The highest BCUT2D eigenvalue weighted by atomic mass is 32.2. The standard InChI is InChI=1S/C17H20N4O2S/c1-12(2)17(21-16-7-5-4-6-15(16)18-20-21)19-24(22,23)14-10-8-13(3)9-11-14/h4-12,17,19H,1-3H3. The fourth-order valence-electron chi connectivity index (χ4n) is 2.51. The number of rotatable bonds is 5. The molecule has 1 atom stereocenters. The molecule has 1 unspecified atom stereocenters. The highest BCUT2D eigenvalue weighted by Crippen LogP contribution is 2.22. The molecule has 2 aromatic carbocycles. The van der Waals surface area contributed by atoms with Gasteiger partial charge in [0.05, 0.1) is 10.4 Å². The summed E-state index contributed by atoms with van der Waals surface area (Å²) in [6, 6.07) is 14.3. The fraction of sp³-hybridized carbons (Fsp3) is 0.294. The van der Waals surface area contributed by atoms with Crippen molar-refractivity contribution in [3.8, 4) is 0 Å². The Morgan fingerprint density at radius 3 is 2.38 bits per heavy atom. The van der Waals surface area contributed by atoms with Crippen molar-refractivity contribution in [2.45, 2.75) is 31.8 Å². The van der Waals surface area contributed by atoms with Gasteiger partial charge >= 0.3 is 0 Å². The summed E-state index contributed by atoms with van der Waals surface area (Å²) in [5.74, 6) is -0.00432. The first-order chi connectivity index (χ1) is 11.4. The fourth-order valence-corrected chi connectivity index (χ4v) is 3.83. The van der Waals surface area contributed by atoms with Crippen LogP contribution in [0.5, 0.6) is 0 Å². The molecule has 24 heavy (non-hydrogen) atoms. The quantitative estimate of drug-likeness (QED) is 0.772. The molecule has 3 aromatic rings. The molecule has 0 aliphatic carbocycles. The lowest BCUT2D eigenvalue weighted by atomic mass is 10.1. The molecule has 0 fully saturated rings. The molecule has 6 nitrogen and oxygen atoms in total. The van der Waals surface area contributed by atoms with Crippen LogP contribution in [0.25, 0.3) is 11.0 Å². The van der Waals surface area contributed by atoms with Crippen molar-refractivity contribution in [1.82, 2.24) is 19.7 Å². The predicted molar refractivity (Wildman–Crippen MR) is 92.9 cm³/mol. The normalized spacial score (nSPS) is 13.5. The van der Waals surface area contributed by atoms with Gasteiger partial charge in [0.25, 0.3) is 0 Å². The van der Waals surface area contributed by atoms with E-state index in [1.165, 1.54) is 0 Å². The number of aromatic nitrogens is 3. The SMILES string of the molecule is Cc1ccc(S(=O)(=O)NC(C(C)C)n2nnc3ccccc32)cc1. The molecule has 0 amide bonds. The van der Waals surface area contributed by atoms with E-state index < -0.39 is 16.2 Å². The molecule has 126 valence electrons. The van der Waals surface area contributed by atoms with Gasteiger partial charge in [-0.1, -0.05) is 48.9 Å². The lowest BCUT2D eigenvalue weighted by Gasteiger charge is -2.23. The van der Waals surface area contributed by atoms with Gasteiger partial charge in [0, 0.05) is 0 Å². The third-order valence-electron chi connectivity index (χ3n) is 3.88. The molecule has 0 aliphatic heterocycles. The van der Waals surface area contributed by atoms with Gasteiger partial charge in [-0.25, -0.2) is 13.1 Å². The van der Waals surface area contributed by atoms with Crippen LogP contribution in [-0.4, -0.2) is 23.4 Å². The summed E-state index contributed by atoms with van der Waals surface area (Å²) in [4.78, 5) is 0.239. The van der Waals surface area contributed by atoms with E-state index in [0.717, 1.165) is 16.6 Å². The minimum absolute atomic E-state index is 0.00432. The number of nitrogens with one attached hydrogen (secondary N) is 1. The van der Waals surface area contributed by atoms with Crippen LogP contribution in [0.1, 0.15) is 25.6 Å². The van der Waals surface area contributed by atoms with E-state index in [1.807, 2.05) is 45.0 Å². The number of nitrogens with zero attached hydrogens (tertiary/aromatic N) is 3. The van der Waals surface area contributed by atoms with E-state index in [0.29, 0.717) is 0 Å². The zero-order valence-corrected chi connectivity index (χ0v) is 14.7. The minimum atomic E-state index is -3.65. The van der Waals surface area contributed by atoms with Crippen molar-refractivity contribution in [1.29, 1.82) is 0 Å². The van der Waals surface area contributed by atoms with Crippen LogP contribution in [0.4, 0.5) is 0 Å². The third kappa shape index (κ3) is 3.18. The minimum Gasteiger partial charge on any atom is -0.226 e. The van der Waals surface area contributed by atoms with Crippen molar-refractivity contribution < 1.29 is 8.42 Å². The average Bonchev–Trinajstić information content (AvgIpc) is 2.96. The Kier molecular flexibility index (Phi) is 4.38. The van der Waals surface area contributed by atoms with Crippen LogP contribution in [0.3, 0.4) is 0 Å². The van der Waals surface area contributed by atoms with Crippen molar-refractivity contribution in [3.05, 3.63) is 54.1 Å². The Morgan fingerprint density at radius 2 is 1.71 bits per heavy atom. The number of hydrogen-bond acceptors (Lipinski definition) is 4. The van der Waals surface area contributed by atoms with Gasteiger partial charge in [0.15, 0.2) is 0 Å². The van der Waals surface area contributed by atoms with Crippen LogP contribution in [0.15, 0.2) is 53.4 Å². The summed E-state index contributed by atoms with van der Waals surface area (Å²) in [6.07, 6.45) is -0.524. The van der Waals surface area contributed by atoms with E-state index in [-0.39, 0.29) is 10.8 Å². The second kappa shape index (κ2) is 6.33. The van der Waals surface area contributed by atoms with Crippen molar-refractivity contribution in [3.63, 3.8) is 0 Å². The monoisotopic (exact) mass is 344 g/mol. The summed E-state index contributed by atoms with van der Waals surface area (Å²) in [5, 5.41) is 8.26. The Morgan fingerprint density at radius 1 is 1.04 bits per heavy atom. The lowest BCUT2D eigenvalue weighted by molar-refractivity contribution is 0.328. The average molecular weight is 344 g/mol. The van der Waals surface area contributed by atoms with Crippen molar-refractivity contribution in [2.75, 3.05) is 0 Å². The van der Waals surface area contributed by atoms with E-state index in [4.69, 9.17) is 0 Å². The number of sulfonamides is 1. The van der Waals surface area contributed by atoms with Gasteiger partial charge in [-0.15, -0.1) is 5.10 Å². The Labute approximate surface area is 141 Å². The number of para-hydroxylation sites is 1. The second-order valence-electron chi connectivity index (χ2n) is 6.15. The maximum atomic E-state index is 12.7. The molecule has 0 bridgehead atoms. The molecule has 0 saturated heterocycles. The lowest BCUT2D eigenvalue weighted by Crippen LogP contribution is -2.36. The summed E-state index contributed by atoms with van der Waals surface area (Å²) in [5.41, 5.74) is 2.54. The molecule has 1 N–H and O–H groups in total. The molecular weight excluding hydrogens is 324 g/mol. The molecule has 0 aliphatic rings. The summed E-state index contributed by atoms with van der Waals surface area (Å²) in [6.45, 7) is 5.81. The number of aryl methyl sites for hydroxylation is 1. The number of fused-ring (bicyclic) bond motifs is 1. The van der Waals surface area contributed by atoms with Crippen LogP contribution < -0.4 is 4.72 Å². The molecule has 1 heterocycles. The maximum absolute atomic E-state index is 12.7. The smallest absolute Gasteiger partial charge is 0.226 e. The first kappa shape index (κ1) is 16.6. The second-order valence-corrected chi connectivity index (χ2v) is 7.86. The highest BCUT2D eigenvalue weighted by Gasteiger charge is 2.26. The zero-order chi connectivity index (χ0) is 17.3. The predicted octanol–water partition coefficient (Wildman–Crippen LogP) is 2.87. The van der Waals surface area contributed by atoms with Crippen molar-refractivity contribution >= 4 is 21.1 Å². The van der Waals surface area contributed by atoms with Gasteiger partial charge in [0.1, 0.15) is 11.7 Å². The molecular formula is C17H20N4O2S. The van der Waals surface area contributed by atoms with Crippen LogP contribution >= 0.6 is 0 Å². The van der Waals surface area contributed by atoms with E-state index in [9.17, 15) is 8.42 Å². The molecule has 3 rings (SSSR count). The Bertz CT molecular complexity index is 946. The van der Waals surface area contributed by atoms with Crippen LogP contribution in [0.2, 0.25) is 0 Å². The van der Waals surface area contributed by atoms with Crippen LogP contribution in [0, 0.1) is 12.8 Å². The van der Waals surface area contributed by atoms with Gasteiger partial charge in [-0.05, 0) is 37.1 Å². The number of hydrogen-bond donors (Lipinski definition) is 1. The first-order valence-corrected chi connectivity index (χ1v) is 9.26. The molecule has 0 spiro atoms. The van der Waals surface area contributed by atoms with Gasteiger partial charge in [-0.3, -0.25) is 0 Å². The highest BCUT2D eigenvalue weighted by molar-refractivity contribution is 7.89. The largest absolute Gasteiger partial charge is 0.242 e. The first-order valence-electron chi connectivity index (χ1n) is 7.77. The van der Waals surface area contributed by atoms with Gasteiger partial charge < -0.3 is 0 Å². The molecule has 7 heteroatoms. The van der Waals surface area contributed by atoms with Gasteiger partial charge in [-0.2, -0.15) is 4.72 Å². The van der Waals surface area contributed by atoms with E-state index in [2.05, 4.69) is 15.0 Å². The molecule has 1 aromatic heterocycles. The Balaban J connectivity index is 1.99. The summed E-state index contributed by atoms with van der Waals surface area (Å²) >= 11 is 0. The van der Waals surface area contributed by atoms with Gasteiger partial charge in [0.2, 0.25) is 10.0 Å². The molecule has 0 saturated carbocycles. The number of benzene rings is 2. The summed E-state index contributed by atoms with van der Waals surface area (Å²) < 4.78 is 29.8. The zero-order valence-electron chi connectivity index (χ0n) is 13.8. The molecule has 0 radical (unpaired) electrons. The maximum Gasteiger partial charge on any atom is 0.242 e. The van der Waals surface area contributed by atoms with E-state index >= 15 is 0 Å². The topological polar surface area (TPSA) is 76.9 Å².